The zero-order valence-electron chi connectivity index (χ0n) is 16.2. The quantitative estimate of drug-likeness (QED) is 0.465. The number of ether oxygens (including phenoxy) is 1. The van der Waals surface area contributed by atoms with Gasteiger partial charge in [0.25, 0.3) is 0 Å². The second-order valence-corrected chi connectivity index (χ2v) is 8.72. The van der Waals surface area contributed by atoms with Crippen molar-refractivity contribution in [1.82, 2.24) is 9.55 Å². The summed E-state index contributed by atoms with van der Waals surface area (Å²) in [6, 6.07) is 9.57. The molecule has 2 heterocycles. The van der Waals surface area contributed by atoms with Crippen LogP contribution in [0.15, 0.2) is 29.4 Å². The van der Waals surface area contributed by atoms with Crippen LogP contribution in [-0.4, -0.2) is 33.4 Å². The third-order valence-electron chi connectivity index (χ3n) is 7.85. The molecule has 4 bridgehead atoms. The minimum Gasteiger partial charge on any atom is -0.362 e. The van der Waals surface area contributed by atoms with Crippen LogP contribution in [0.1, 0.15) is 38.9 Å². The average molecular weight is 378 g/mol. The average Bonchev–Trinajstić information content (AvgIpc) is 3.30. The molecule has 1 saturated heterocycles. The van der Waals surface area contributed by atoms with Crippen molar-refractivity contribution in [2.75, 3.05) is 6.61 Å². The molecule has 1 aliphatic heterocycles. The van der Waals surface area contributed by atoms with E-state index in [0.29, 0.717) is 24.8 Å². The Labute approximate surface area is 162 Å². The number of carbonyl (C=O) groups excluding carboxylic acids is 1. The van der Waals surface area contributed by atoms with Gasteiger partial charge in [-0.15, -0.1) is 0 Å². The van der Waals surface area contributed by atoms with E-state index in [4.69, 9.17) is 9.57 Å². The van der Waals surface area contributed by atoms with E-state index in [2.05, 4.69) is 24.0 Å². The van der Waals surface area contributed by atoms with Gasteiger partial charge in [0.2, 0.25) is 5.71 Å². The molecule has 5 rings (SSSR count). The summed E-state index contributed by atoms with van der Waals surface area (Å²) in [5, 5.41) is 13.5. The monoisotopic (exact) mass is 378 g/mol. The molecule has 2 saturated carbocycles. The normalized spacial score (nSPS) is 36.1. The Hall–Kier alpha value is -2.72. The summed E-state index contributed by atoms with van der Waals surface area (Å²) in [6.45, 7) is 4.92. The number of hydrogen-bond donors (Lipinski definition) is 0. The Balaban J connectivity index is 1.46. The van der Waals surface area contributed by atoms with Crippen LogP contribution < -0.4 is 0 Å². The molecule has 7 heteroatoms. The van der Waals surface area contributed by atoms with E-state index in [1.54, 1.807) is 11.6 Å². The first-order valence-electron chi connectivity index (χ1n) is 9.62. The van der Waals surface area contributed by atoms with E-state index < -0.39 is 11.6 Å². The van der Waals surface area contributed by atoms with E-state index in [9.17, 15) is 10.1 Å². The first kappa shape index (κ1) is 17.4. The highest BCUT2D eigenvalue weighted by Gasteiger charge is 2.79. The number of nitriles is 1. The molecule has 0 N–H and O–H groups in total. The Bertz CT molecular complexity index is 1080. The molecule has 0 radical (unpaired) electrons. The zero-order valence-corrected chi connectivity index (χ0v) is 16.2. The van der Waals surface area contributed by atoms with Gasteiger partial charge in [-0.2, -0.15) is 5.26 Å². The van der Waals surface area contributed by atoms with Gasteiger partial charge in [0.15, 0.2) is 11.4 Å². The maximum Gasteiger partial charge on any atom is 0.367 e. The fourth-order valence-corrected chi connectivity index (χ4v) is 5.85. The van der Waals surface area contributed by atoms with Gasteiger partial charge in [0.05, 0.1) is 17.6 Å². The largest absolute Gasteiger partial charge is 0.367 e. The molecule has 3 fully saturated rings. The van der Waals surface area contributed by atoms with Gasteiger partial charge in [-0.25, -0.2) is 9.78 Å². The number of oxime groups is 1. The molecule has 0 amide bonds. The molecule has 0 spiro atoms. The number of nitrogens with zero attached hydrogens (tertiary/aromatic N) is 4. The SMILES string of the molecule is Cn1c(C(C#N)=NOC(=O)C23CC4CCC2(C)C4(C)CO3)nc2ccccc21. The Morgan fingerprint density at radius 3 is 2.89 bits per heavy atom. The molecular weight excluding hydrogens is 356 g/mol. The topological polar surface area (TPSA) is 89.5 Å². The van der Waals surface area contributed by atoms with Crippen molar-refractivity contribution in [2.24, 2.45) is 29.0 Å². The van der Waals surface area contributed by atoms with Crippen LogP contribution in [0.25, 0.3) is 11.0 Å². The molecule has 1 aromatic heterocycles. The molecule has 144 valence electrons. The smallest absolute Gasteiger partial charge is 0.362 e. The number of fused-ring (bicyclic) bond motifs is 1. The van der Waals surface area contributed by atoms with Crippen LogP contribution in [0.2, 0.25) is 0 Å². The summed E-state index contributed by atoms with van der Waals surface area (Å²) in [6.07, 6.45) is 2.74. The predicted molar refractivity (Wildman–Crippen MR) is 101 cm³/mol. The van der Waals surface area contributed by atoms with Crippen molar-refractivity contribution in [3.63, 3.8) is 0 Å². The standard InChI is InChI=1S/C21H22N4O3/c1-19-12-27-21(10-13(19)8-9-20(19,21)2)18(26)28-24-15(11-22)17-23-14-6-4-5-7-16(14)25(17)3/h4-7,13H,8-10,12H2,1-3H3. The number of para-hydroxylation sites is 2. The lowest BCUT2D eigenvalue weighted by Gasteiger charge is -2.38. The van der Waals surface area contributed by atoms with Crippen LogP contribution in [0.3, 0.4) is 0 Å². The van der Waals surface area contributed by atoms with Crippen molar-refractivity contribution in [2.45, 2.75) is 38.7 Å². The number of hydrogen-bond acceptors (Lipinski definition) is 6. The number of aryl methyl sites for hydroxylation is 1. The van der Waals surface area contributed by atoms with E-state index in [-0.39, 0.29) is 16.5 Å². The lowest BCUT2D eigenvalue weighted by molar-refractivity contribution is -0.181. The predicted octanol–water partition coefficient (Wildman–Crippen LogP) is 2.94. The Kier molecular flexibility index (Phi) is 3.36. The maximum absolute atomic E-state index is 13.1. The molecule has 3 aliphatic rings. The minimum atomic E-state index is -0.957. The summed E-state index contributed by atoms with van der Waals surface area (Å²) >= 11 is 0. The van der Waals surface area contributed by atoms with Gasteiger partial charge in [-0.3, -0.25) is 0 Å². The first-order chi connectivity index (χ1) is 13.4. The summed E-state index contributed by atoms with van der Waals surface area (Å²) in [4.78, 5) is 22.9. The van der Waals surface area contributed by atoms with Gasteiger partial charge >= 0.3 is 5.97 Å². The van der Waals surface area contributed by atoms with Crippen LogP contribution in [0.5, 0.6) is 0 Å². The van der Waals surface area contributed by atoms with Crippen LogP contribution in [0.4, 0.5) is 0 Å². The van der Waals surface area contributed by atoms with Crippen LogP contribution in [0, 0.1) is 28.1 Å². The summed E-state index contributed by atoms with van der Waals surface area (Å²) in [5.74, 6) is 0.343. The minimum absolute atomic E-state index is 0.00515. The third-order valence-corrected chi connectivity index (χ3v) is 7.85. The van der Waals surface area contributed by atoms with Crippen LogP contribution in [-0.2, 0) is 21.4 Å². The number of carbonyl (C=O) groups is 1. The van der Waals surface area contributed by atoms with Crippen LogP contribution >= 0.6 is 0 Å². The highest BCUT2D eigenvalue weighted by atomic mass is 16.7. The molecule has 7 nitrogen and oxygen atoms in total. The lowest BCUT2D eigenvalue weighted by atomic mass is 9.66. The maximum atomic E-state index is 13.1. The van der Waals surface area contributed by atoms with E-state index in [1.807, 2.05) is 30.3 Å². The number of rotatable bonds is 3. The number of benzene rings is 1. The molecule has 4 atom stereocenters. The van der Waals surface area contributed by atoms with Gasteiger partial charge in [0.1, 0.15) is 6.07 Å². The molecule has 2 aromatic rings. The van der Waals surface area contributed by atoms with Crippen molar-refractivity contribution in [3.8, 4) is 6.07 Å². The molecular formula is C21H22N4O3. The van der Waals surface area contributed by atoms with E-state index in [1.165, 1.54) is 0 Å². The van der Waals surface area contributed by atoms with Crippen molar-refractivity contribution < 1.29 is 14.4 Å². The summed E-state index contributed by atoms with van der Waals surface area (Å²) in [7, 11) is 1.81. The fraction of sp³-hybridized carbons (Fsp3) is 0.524. The van der Waals surface area contributed by atoms with Gasteiger partial charge in [-0.1, -0.05) is 31.1 Å². The fourth-order valence-electron chi connectivity index (χ4n) is 5.85. The number of aromatic nitrogens is 2. The summed E-state index contributed by atoms with van der Waals surface area (Å²) < 4.78 is 7.81. The van der Waals surface area contributed by atoms with Crippen molar-refractivity contribution in [1.29, 1.82) is 5.26 Å². The van der Waals surface area contributed by atoms with E-state index >= 15 is 0 Å². The highest BCUT2D eigenvalue weighted by Crippen LogP contribution is 2.75. The van der Waals surface area contributed by atoms with E-state index in [0.717, 1.165) is 23.9 Å². The Morgan fingerprint density at radius 1 is 1.43 bits per heavy atom. The Morgan fingerprint density at radius 2 is 2.21 bits per heavy atom. The van der Waals surface area contributed by atoms with Gasteiger partial charge in [-0.05, 0) is 37.3 Å². The zero-order chi connectivity index (χ0) is 19.7. The van der Waals surface area contributed by atoms with Gasteiger partial charge in [0, 0.05) is 17.9 Å². The number of imidazole rings is 1. The lowest BCUT2D eigenvalue weighted by Crippen LogP contribution is -2.50. The first-order valence-corrected chi connectivity index (χ1v) is 9.62. The molecule has 1 aromatic carbocycles. The molecule has 4 unspecified atom stereocenters. The molecule has 28 heavy (non-hydrogen) atoms. The second kappa shape index (κ2) is 5.42. The van der Waals surface area contributed by atoms with Gasteiger partial charge < -0.3 is 14.1 Å². The third kappa shape index (κ3) is 1.84. The highest BCUT2D eigenvalue weighted by molar-refractivity contribution is 6.10. The van der Waals surface area contributed by atoms with Crippen molar-refractivity contribution in [3.05, 3.63) is 30.1 Å². The second-order valence-electron chi connectivity index (χ2n) is 8.72. The molecule has 2 aliphatic carbocycles. The van der Waals surface area contributed by atoms with Crippen molar-refractivity contribution >= 4 is 22.7 Å². The summed E-state index contributed by atoms with van der Waals surface area (Å²) in [5.41, 5.74) is 0.399.